The van der Waals surface area contributed by atoms with Crippen LogP contribution < -0.4 is 10.9 Å². The molecule has 2 N–H and O–H groups in total. The lowest BCUT2D eigenvalue weighted by Crippen LogP contribution is -2.42. The fourth-order valence-corrected chi connectivity index (χ4v) is 2.57. The van der Waals surface area contributed by atoms with Crippen molar-refractivity contribution in [2.75, 3.05) is 0 Å². The summed E-state index contributed by atoms with van der Waals surface area (Å²) in [6.07, 6.45) is 0.753. The lowest BCUT2D eigenvalue weighted by atomic mass is 10.1. The molecule has 1 aliphatic carbocycles. The zero-order valence-corrected chi connectivity index (χ0v) is 12.6. The second kappa shape index (κ2) is 6.49. The van der Waals surface area contributed by atoms with Crippen molar-refractivity contribution in [3.05, 3.63) is 75.8 Å². The molecule has 1 fully saturated rings. The summed E-state index contributed by atoms with van der Waals surface area (Å²) in [5.41, 5.74) is 5.99. The number of hydrazine groups is 1. The summed E-state index contributed by atoms with van der Waals surface area (Å²) < 4.78 is 0. The van der Waals surface area contributed by atoms with Gasteiger partial charge in [-0.1, -0.05) is 30.3 Å². The summed E-state index contributed by atoms with van der Waals surface area (Å²) in [6, 6.07) is 14.9. The zero-order chi connectivity index (χ0) is 17.1. The summed E-state index contributed by atoms with van der Waals surface area (Å²) in [4.78, 5) is 34.0. The normalized spacial score (nSPS) is 18.5. The summed E-state index contributed by atoms with van der Waals surface area (Å²) >= 11 is 0. The standard InChI is InChI=1S/C17H15N3O4/c21-16(12-6-8-13(9-7-12)20(23)24)18-19-17(22)15-10-14(15)11-4-2-1-3-5-11/h1-9,14-15H,10H2,(H,18,21)(H,19,22)/t14-,15+/m0/s1. The molecule has 0 bridgehead atoms. The molecular formula is C17H15N3O4. The highest BCUT2D eigenvalue weighted by molar-refractivity contribution is 5.96. The van der Waals surface area contributed by atoms with Gasteiger partial charge in [0.05, 0.1) is 4.92 Å². The molecule has 7 heteroatoms. The Morgan fingerprint density at radius 1 is 1.00 bits per heavy atom. The number of carbonyl (C=O) groups excluding carboxylic acids is 2. The zero-order valence-electron chi connectivity index (χ0n) is 12.6. The van der Waals surface area contributed by atoms with Crippen molar-refractivity contribution in [2.24, 2.45) is 5.92 Å². The van der Waals surface area contributed by atoms with Gasteiger partial charge >= 0.3 is 0 Å². The van der Waals surface area contributed by atoms with Crippen LogP contribution in [0.1, 0.15) is 28.3 Å². The van der Waals surface area contributed by atoms with Gasteiger partial charge < -0.3 is 0 Å². The Morgan fingerprint density at radius 2 is 1.67 bits per heavy atom. The Hall–Kier alpha value is -3.22. The molecule has 0 heterocycles. The van der Waals surface area contributed by atoms with Crippen LogP contribution in [0, 0.1) is 16.0 Å². The predicted octanol–water partition coefficient (Wildman–Crippen LogP) is 2.16. The molecule has 3 rings (SSSR count). The molecule has 0 spiro atoms. The van der Waals surface area contributed by atoms with Crippen molar-refractivity contribution in [1.82, 2.24) is 10.9 Å². The van der Waals surface area contributed by atoms with E-state index in [0.717, 1.165) is 12.0 Å². The Bertz CT molecular complexity index is 774. The molecule has 0 aromatic heterocycles. The molecule has 2 amide bonds. The van der Waals surface area contributed by atoms with Crippen molar-refractivity contribution in [1.29, 1.82) is 0 Å². The minimum absolute atomic E-state index is 0.0979. The molecular weight excluding hydrogens is 310 g/mol. The van der Waals surface area contributed by atoms with Gasteiger partial charge in [-0.3, -0.25) is 30.6 Å². The molecule has 0 unspecified atom stereocenters. The summed E-state index contributed by atoms with van der Waals surface area (Å²) in [7, 11) is 0. The van der Waals surface area contributed by atoms with Crippen LogP contribution in [0.25, 0.3) is 0 Å². The van der Waals surface area contributed by atoms with Gasteiger partial charge in [0.15, 0.2) is 0 Å². The number of nitro benzene ring substituents is 1. The largest absolute Gasteiger partial charge is 0.273 e. The van der Waals surface area contributed by atoms with Gasteiger partial charge in [0.25, 0.3) is 11.6 Å². The van der Waals surface area contributed by atoms with Crippen LogP contribution in [0.4, 0.5) is 5.69 Å². The van der Waals surface area contributed by atoms with E-state index in [1.165, 1.54) is 24.3 Å². The van der Waals surface area contributed by atoms with E-state index >= 15 is 0 Å². The van der Waals surface area contributed by atoms with E-state index in [0.29, 0.717) is 0 Å². The number of carbonyl (C=O) groups is 2. The van der Waals surface area contributed by atoms with E-state index in [1.807, 2.05) is 30.3 Å². The van der Waals surface area contributed by atoms with Crippen molar-refractivity contribution in [3.63, 3.8) is 0 Å². The van der Waals surface area contributed by atoms with Crippen LogP contribution in [0.2, 0.25) is 0 Å². The number of rotatable bonds is 4. The number of hydrogen-bond donors (Lipinski definition) is 2. The van der Waals surface area contributed by atoms with Gasteiger partial charge in [-0.25, -0.2) is 0 Å². The van der Waals surface area contributed by atoms with Crippen molar-refractivity contribution >= 4 is 17.5 Å². The highest BCUT2D eigenvalue weighted by Gasteiger charge is 2.43. The third-order valence-corrected chi connectivity index (χ3v) is 3.99. The SMILES string of the molecule is O=C(NNC(=O)[C@@H]1C[C@H]1c1ccccc1)c1ccc([N+](=O)[O-])cc1. The van der Waals surface area contributed by atoms with Crippen LogP contribution in [0.15, 0.2) is 54.6 Å². The van der Waals surface area contributed by atoms with Crippen molar-refractivity contribution in [2.45, 2.75) is 12.3 Å². The Morgan fingerprint density at radius 3 is 2.29 bits per heavy atom. The summed E-state index contributed by atoms with van der Waals surface area (Å²) in [5, 5.41) is 10.6. The number of non-ortho nitro benzene ring substituents is 1. The number of amides is 2. The van der Waals surface area contributed by atoms with E-state index in [2.05, 4.69) is 10.9 Å². The summed E-state index contributed by atoms with van der Waals surface area (Å²) in [5.74, 6) is -0.721. The highest BCUT2D eigenvalue weighted by atomic mass is 16.6. The fraction of sp³-hybridized carbons (Fsp3) is 0.176. The summed E-state index contributed by atoms with van der Waals surface area (Å²) in [6.45, 7) is 0. The first-order valence-electron chi connectivity index (χ1n) is 7.46. The minimum atomic E-state index is -0.541. The van der Waals surface area contributed by atoms with Crippen LogP contribution in [0.5, 0.6) is 0 Å². The van der Waals surface area contributed by atoms with Gasteiger partial charge in [0.2, 0.25) is 5.91 Å². The number of hydrogen-bond acceptors (Lipinski definition) is 4. The van der Waals surface area contributed by atoms with Crippen LogP contribution in [-0.2, 0) is 4.79 Å². The van der Waals surface area contributed by atoms with Gasteiger partial charge in [0, 0.05) is 23.6 Å². The van der Waals surface area contributed by atoms with Crippen molar-refractivity contribution < 1.29 is 14.5 Å². The number of nitro groups is 1. The predicted molar refractivity (Wildman–Crippen MR) is 86.0 cm³/mol. The average Bonchev–Trinajstić information content (AvgIpc) is 3.41. The van der Waals surface area contributed by atoms with Gasteiger partial charge in [0.1, 0.15) is 0 Å². The van der Waals surface area contributed by atoms with E-state index in [9.17, 15) is 19.7 Å². The minimum Gasteiger partial charge on any atom is -0.273 e. The first kappa shape index (κ1) is 15.7. The fourth-order valence-electron chi connectivity index (χ4n) is 2.57. The van der Waals surface area contributed by atoms with Gasteiger partial charge in [-0.05, 0) is 30.0 Å². The Kier molecular flexibility index (Phi) is 4.24. The second-order valence-electron chi connectivity index (χ2n) is 5.61. The highest BCUT2D eigenvalue weighted by Crippen LogP contribution is 2.47. The molecule has 2 atom stereocenters. The molecule has 2 aromatic rings. The molecule has 0 radical (unpaired) electrons. The lowest BCUT2D eigenvalue weighted by molar-refractivity contribution is -0.384. The molecule has 0 saturated heterocycles. The smallest absolute Gasteiger partial charge is 0.269 e. The van der Waals surface area contributed by atoms with E-state index in [-0.39, 0.29) is 29.0 Å². The maximum absolute atomic E-state index is 12.1. The Balaban J connectivity index is 1.51. The van der Waals surface area contributed by atoms with Crippen LogP contribution in [0.3, 0.4) is 0 Å². The Labute approximate surface area is 137 Å². The maximum Gasteiger partial charge on any atom is 0.269 e. The first-order chi connectivity index (χ1) is 11.6. The lowest BCUT2D eigenvalue weighted by Gasteiger charge is -2.07. The average molecular weight is 325 g/mol. The second-order valence-corrected chi connectivity index (χ2v) is 5.61. The maximum atomic E-state index is 12.1. The van der Waals surface area contributed by atoms with E-state index < -0.39 is 10.8 Å². The van der Waals surface area contributed by atoms with Crippen LogP contribution >= 0.6 is 0 Å². The van der Waals surface area contributed by atoms with Gasteiger partial charge in [-0.2, -0.15) is 0 Å². The molecule has 2 aromatic carbocycles. The molecule has 24 heavy (non-hydrogen) atoms. The number of nitrogens with one attached hydrogen (secondary N) is 2. The molecule has 7 nitrogen and oxygen atoms in total. The monoisotopic (exact) mass is 325 g/mol. The number of benzene rings is 2. The van der Waals surface area contributed by atoms with Crippen LogP contribution in [-0.4, -0.2) is 16.7 Å². The van der Waals surface area contributed by atoms with Gasteiger partial charge in [-0.15, -0.1) is 0 Å². The number of nitrogens with zero attached hydrogens (tertiary/aromatic N) is 1. The molecule has 122 valence electrons. The van der Waals surface area contributed by atoms with E-state index in [4.69, 9.17) is 0 Å². The first-order valence-corrected chi connectivity index (χ1v) is 7.46. The topological polar surface area (TPSA) is 101 Å². The quantitative estimate of drug-likeness (QED) is 0.664. The molecule has 1 saturated carbocycles. The van der Waals surface area contributed by atoms with E-state index in [1.54, 1.807) is 0 Å². The third kappa shape index (κ3) is 3.40. The molecule has 0 aliphatic heterocycles. The third-order valence-electron chi connectivity index (χ3n) is 3.99. The molecule has 1 aliphatic rings. The van der Waals surface area contributed by atoms with Crippen molar-refractivity contribution in [3.8, 4) is 0 Å².